The summed E-state index contributed by atoms with van der Waals surface area (Å²) in [7, 11) is 1.39. The minimum absolute atomic E-state index is 0.0396. The molecular weight excluding hydrogens is 365 g/mol. The summed E-state index contributed by atoms with van der Waals surface area (Å²) in [5.74, 6) is -0.598. The number of likely N-dealkylation sites (N-methyl/N-ethyl adjacent to an activating group) is 1. The van der Waals surface area contributed by atoms with Gasteiger partial charge < -0.3 is 20.9 Å². The van der Waals surface area contributed by atoms with Crippen molar-refractivity contribution in [1.29, 1.82) is 0 Å². The van der Waals surface area contributed by atoms with Gasteiger partial charge in [0.15, 0.2) is 12.6 Å². The van der Waals surface area contributed by atoms with Gasteiger partial charge in [-0.3, -0.25) is 14.8 Å². The van der Waals surface area contributed by atoms with Crippen molar-refractivity contribution in [3.8, 4) is 5.75 Å². The fourth-order valence-electron chi connectivity index (χ4n) is 2.45. The molecule has 1 atom stereocenters. The molecule has 1 amide bonds. The van der Waals surface area contributed by atoms with Crippen LogP contribution in [0.25, 0.3) is 0 Å². The molecule has 4 N–H and O–H groups in total. The molecule has 150 valence electrons. The maximum absolute atomic E-state index is 12.5. The number of nitrogens with zero attached hydrogens (tertiary/aromatic N) is 2. The van der Waals surface area contributed by atoms with Crippen LogP contribution in [-0.4, -0.2) is 53.3 Å². The lowest BCUT2D eigenvalue weighted by Crippen LogP contribution is -2.46. The molecule has 27 heavy (non-hydrogen) atoms. The van der Waals surface area contributed by atoms with Gasteiger partial charge in [-0.15, -0.1) is 0 Å². The van der Waals surface area contributed by atoms with Gasteiger partial charge in [0.25, 0.3) is 0 Å². The van der Waals surface area contributed by atoms with Crippen molar-refractivity contribution in [2.45, 2.75) is 50.4 Å². The molecule has 1 heterocycles. The Bertz CT molecular complexity index is 725. The minimum Gasteiger partial charge on any atom is -0.484 e. The van der Waals surface area contributed by atoms with Crippen LogP contribution in [0.1, 0.15) is 43.9 Å². The second-order valence-corrected chi connectivity index (χ2v) is 6.97. The van der Waals surface area contributed by atoms with Crippen molar-refractivity contribution < 1.29 is 27.8 Å². The molecule has 0 aromatic carbocycles. The number of aliphatic imine (C=N–C) groups is 1. The summed E-state index contributed by atoms with van der Waals surface area (Å²) < 4.78 is 42.5. The number of nitrogens with two attached hydrogens (primary N) is 1. The van der Waals surface area contributed by atoms with Gasteiger partial charge in [0, 0.05) is 24.9 Å². The maximum Gasteiger partial charge on any atom is 0.422 e. The number of hydrogen-bond donors (Lipinski definition) is 3. The standard InChI is InChI=1S/C17H23F3N4O3/c1-16(2,26)13(15(25)22-3)24-14(21)11-6-12(27-8-17(18,19)20)10(7-23-11)9-4-5-9/h6-7,9,13,26H,4-5,8H2,1-3H3,(H2,21,24)(H,22,25). The Morgan fingerprint density at radius 1 is 1.48 bits per heavy atom. The number of rotatable bonds is 7. The highest BCUT2D eigenvalue weighted by atomic mass is 19.4. The first-order chi connectivity index (χ1) is 12.4. The molecule has 1 fully saturated rings. The SMILES string of the molecule is CNC(=O)C(N=C(N)c1cc(OCC(F)(F)F)c(C2CC2)cn1)C(C)(C)O. The van der Waals surface area contributed by atoms with E-state index in [2.05, 4.69) is 15.3 Å². The molecule has 1 saturated carbocycles. The number of carbonyl (C=O) groups is 1. The zero-order chi connectivity index (χ0) is 20.4. The Labute approximate surface area is 154 Å². The number of alkyl halides is 3. The van der Waals surface area contributed by atoms with Crippen molar-refractivity contribution in [3.63, 3.8) is 0 Å². The second-order valence-electron chi connectivity index (χ2n) is 6.97. The summed E-state index contributed by atoms with van der Waals surface area (Å²) in [6, 6.07) is 0.0655. The van der Waals surface area contributed by atoms with Crippen LogP contribution in [0.15, 0.2) is 17.3 Å². The molecule has 1 aromatic heterocycles. The molecule has 1 aliphatic rings. The molecule has 0 radical (unpaired) electrons. The topological polar surface area (TPSA) is 110 Å². The number of hydrogen-bond acceptors (Lipinski definition) is 5. The van der Waals surface area contributed by atoms with E-state index in [9.17, 15) is 23.1 Å². The summed E-state index contributed by atoms with van der Waals surface area (Å²) in [5, 5.41) is 12.5. The summed E-state index contributed by atoms with van der Waals surface area (Å²) in [6.07, 6.45) is -1.36. The average molecular weight is 388 g/mol. The molecule has 1 aliphatic carbocycles. The Morgan fingerprint density at radius 2 is 2.11 bits per heavy atom. The van der Waals surface area contributed by atoms with Gasteiger partial charge in [-0.25, -0.2) is 0 Å². The van der Waals surface area contributed by atoms with Gasteiger partial charge in [0.2, 0.25) is 5.91 Å². The third kappa shape index (κ3) is 5.81. The zero-order valence-corrected chi connectivity index (χ0v) is 15.3. The fraction of sp³-hybridized carbons (Fsp3) is 0.588. The third-order valence-corrected chi connectivity index (χ3v) is 4.00. The first-order valence-electron chi connectivity index (χ1n) is 8.39. The number of amides is 1. The number of nitrogens with one attached hydrogen (secondary N) is 1. The third-order valence-electron chi connectivity index (χ3n) is 4.00. The van der Waals surface area contributed by atoms with E-state index in [1.807, 2.05) is 0 Å². The fourth-order valence-corrected chi connectivity index (χ4v) is 2.45. The smallest absolute Gasteiger partial charge is 0.422 e. The number of halogens is 3. The molecule has 0 bridgehead atoms. The van der Waals surface area contributed by atoms with Gasteiger partial charge in [-0.05, 0) is 32.6 Å². The zero-order valence-electron chi connectivity index (χ0n) is 15.3. The van der Waals surface area contributed by atoms with Crippen LogP contribution in [0.3, 0.4) is 0 Å². The number of carbonyl (C=O) groups excluding carboxylic acids is 1. The van der Waals surface area contributed by atoms with Crippen molar-refractivity contribution in [2.24, 2.45) is 10.7 Å². The number of aliphatic hydroxyl groups is 1. The summed E-state index contributed by atoms with van der Waals surface area (Å²) >= 11 is 0. The highest BCUT2D eigenvalue weighted by Crippen LogP contribution is 2.44. The lowest BCUT2D eigenvalue weighted by Gasteiger charge is -2.24. The number of pyridine rings is 1. The number of aromatic nitrogens is 1. The van der Waals surface area contributed by atoms with E-state index >= 15 is 0 Å². The van der Waals surface area contributed by atoms with E-state index in [1.54, 1.807) is 0 Å². The predicted octanol–water partition coefficient (Wildman–Crippen LogP) is 1.49. The number of amidine groups is 1. The number of ether oxygens (including phenoxy) is 1. The van der Waals surface area contributed by atoms with Crippen LogP contribution in [0, 0.1) is 0 Å². The lowest BCUT2D eigenvalue weighted by molar-refractivity contribution is -0.153. The Morgan fingerprint density at radius 3 is 2.59 bits per heavy atom. The van der Waals surface area contributed by atoms with Crippen LogP contribution < -0.4 is 15.8 Å². The second kappa shape index (κ2) is 7.71. The van der Waals surface area contributed by atoms with Crippen molar-refractivity contribution in [3.05, 3.63) is 23.5 Å². The summed E-state index contributed by atoms with van der Waals surface area (Å²) in [4.78, 5) is 20.1. The van der Waals surface area contributed by atoms with Crippen molar-refractivity contribution in [1.82, 2.24) is 10.3 Å². The predicted molar refractivity (Wildman–Crippen MR) is 92.6 cm³/mol. The molecule has 1 unspecified atom stereocenters. The molecule has 10 heteroatoms. The van der Waals surface area contributed by atoms with E-state index < -0.39 is 30.3 Å². The van der Waals surface area contributed by atoms with Crippen molar-refractivity contribution in [2.75, 3.05) is 13.7 Å². The first kappa shape index (κ1) is 20.9. The molecule has 0 aliphatic heterocycles. The van der Waals surface area contributed by atoms with Crippen LogP contribution in [0.4, 0.5) is 13.2 Å². The van der Waals surface area contributed by atoms with Crippen LogP contribution in [-0.2, 0) is 4.79 Å². The van der Waals surface area contributed by atoms with Gasteiger partial charge in [0.1, 0.15) is 17.3 Å². The Kier molecular flexibility index (Phi) is 5.98. The molecule has 1 aromatic rings. The van der Waals surface area contributed by atoms with E-state index in [-0.39, 0.29) is 23.2 Å². The van der Waals surface area contributed by atoms with Crippen LogP contribution in [0.5, 0.6) is 5.75 Å². The monoisotopic (exact) mass is 388 g/mol. The van der Waals surface area contributed by atoms with E-state index in [0.29, 0.717) is 5.56 Å². The summed E-state index contributed by atoms with van der Waals surface area (Å²) in [5.41, 5.74) is 5.04. The average Bonchev–Trinajstić information content (AvgIpc) is 3.39. The highest BCUT2D eigenvalue weighted by molar-refractivity contribution is 5.98. The molecule has 7 nitrogen and oxygen atoms in total. The first-order valence-corrected chi connectivity index (χ1v) is 8.39. The van der Waals surface area contributed by atoms with Crippen LogP contribution >= 0.6 is 0 Å². The molecule has 0 saturated heterocycles. The van der Waals surface area contributed by atoms with Gasteiger partial charge in [0.05, 0.1) is 5.60 Å². The van der Waals surface area contributed by atoms with Gasteiger partial charge in [-0.1, -0.05) is 0 Å². The largest absolute Gasteiger partial charge is 0.484 e. The van der Waals surface area contributed by atoms with E-state index in [0.717, 1.165) is 12.8 Å². The van der Waals surface area contributed by atoms with Gasteiger partial charge >= 0.3 is 6.18 Å². The minimum atomic E-state index is -4.48. The normalized spacial score (nSPS) is 16.8. The Balaban J connectivity index is 2.34. The molecule has 2 rings (SSSR count). The Hall–Kier alpha value is -2.36. The lowest BCUT2D eigenvalue weighted by atomic mass is 9.98. The van der Waals surface area contributed by atoms with E-state index in [1.165, 1.54) is 33.2 Å². The van der Waals surface area contributed by atoms with E-state index in [4.69, 9.17) is 10.5 Å². The van der Waals surface area contributed by atoms with Gasteiger partial charge in [-0.2, -0.15) is 13.2 Å². The summed E-state index contributed by atoms with van der Waals surface area (Å²) in [6.45, 7) is 1.36. The highest BCUT2D eigenvalue weighted by Gasteiger charge is 2.34. The van der Waals surface area contributed by atoms with Crippen LogP contribution in [0.2, 0.25) is 0 Å². The van der Waals surface area contributed by atoms with Crippen molar-refractivity contribution >= 4 is 11.7 Å². The molecular formula is C17H23F3N4O3. The molecule has 0 spiro atoms. The maximum atomic E-state index is 12.5. The quantitative estimate of drug-likeness (QED) is 0.484.